The van der Waals surface area contributed by atoms with E-state index in [1.54, 1.807) is 6.26 Å². The molecule has 0 bridgehead atoms. The summed E-state index contributed by atoms with van der Waals surface area (Å²) >= 11 is 0. The van der Waals surface area contributed by atoms with Crippen molar-refractivity contribution < 1.29 is 14.3 Å². The Hall–Kier alpha value is -0.840. The van der Waals surface area contributed by atoms with Gasteiger partial charge in [0.05, 0.1) is 19.0 Å². The van der Waals surface area contributed by atoms with E-state index in [-0.39, 0.29) is 0 Å². The van der Waals surface area contributed by atoms with Crippen LogP contribution in [0.4, 0.5) is 0 Å². The Morgan fingerprint density at radius 1 is 1.33 bits per heavy atom. The molecular weight excluding hydrogens is 266 g/mol. The molecule has 1 fully saturated rings. The number of ether oxygens (including phenoxy) is 1. The highest BCUT2D eigenvalue weighted by molar-refractivity contribution is 4.96. The van der Waals surface area contributed by atoms with Gasteiger partial charge in [-0.1, -0.05) is 25.7 Å². The van der Waals surface area contributed by atoms with Crippen LogP contribution < -0.4 is 5.32 Å². The van der Waals surface area contributed by atoms with Crippen LogP contribution in [0.15, 0.2) is 22.8 Å². The first kappa shape index (κ1) is 16.5. The molecule has 0 aliphatic heterocycles. The van der Waals surface area contributed by atoms with E-state index >= 15 is 0 Å². The van der Waals surface area contributed by atoms with Gasteiger partial charge in [-0.3, -0.25) is 0 Å². The van der Waals surface area contributed by atoms with Crippen LogP contribution in [0.1, 0.15) is 51.2 Å². The minimum absolute atomic E-state index is 0.338. The predicted molar refractivity (Wildman–Crippen MR) is 83.0 cm³/mol. The summed E-state index contributed by atoms with van der Waals surface area (Å²) in [5.41, 5.74) is 0. The summed E-state index contributed by atoms with van der Waals surface area (Å²) in [6, 6.07) is 4.19. The second kappa shape index (κ2) is 9.23. The van der Waals surface area contributed by atoms with Crippen molar-refractivity contribution in [2.24, 2.45) is 5.92 Å². The maximum absolute atomic E-state index is 9.96. The van der Waals surface area contributed by atoms with E-state index in [1.807, 2.05) is 12.1 Å². The molecule has 4 heteroatoms. The minimum atomic E-state index is -0.465. The normalized spacial score (nSPS) is 20.1. The van der Waals surface area contributed by atoms with Crippen LogP contribution in [0.5, 0.6) is 0 Å². The third-order valence-electron chi connectivity index (χ3n) is 4.42. The fourth-order valence-corrected chi connectivity index (χ4v) is 3.05. The van der Waals surface area contributed by atoms with Gasteiger partial charge >= 0.3 is 0 Å². The average Bonchev–Trinajstić information content (AvgIpc) is 2.85. The molecule has 2 rings (SSSR count). The number of hydrogen-bond acceptors (Lipinski definition) is 4. The first-order valence-electron chi connectivity index (χ1n) is 8.27. The Morgan fingerprint density at radius 3 is 2.76 bits per heavy atom. The van der Waals surface area contributed by atoms with Crippen LogP contribution in [-0.4, -0.2) is 30.4 Å². The molecule has 0 radical (unpaired) electrons. The van der Waals surface area contributed by atoms with Gasteiger partial charge in [-0.15, -0.1) is 0 Å². The number of aliphatic hydroxyl groups excluding tert-OH is 1. The zero-order valence-electron chi connectivity index (χ0n) is 13.1. The highest BCUT2D eigenvalue weighted by atomic mass is 16.5. The Morgan fingerprint density at radius 2 is 2.10 bits per heavy atom. The first-order valence-corrected chi connectivity index (χ1v) is 8.27. The lowest BCUT2D eigenvalue weighted by atomic mass is 9.93. The van der Waals surface area contributed by atoms with Gasteiger partial charge in [0, 0.05) is 12.6 Å². The van der Waals surface area contributed by atoms with Gasteiger partial charge in [0.15, 0.2) is 0 Å². The molecule has 120 valence electrons. The molecule has 1 unspecified atom stereocenters. The molecule has 4 nitrogen and oxygen atoms in total. The number of nitrogens with one attached hydrogen (secondary N) is 1. The Kier molecular flexibility index (Phi) is 7.27. The molecule has 1 aliphatic carbocycles. The average molecular weight is 295 g/mol. The van der Waals surface area contributed by atoms with E-state index in [0.717, 1.165) is 11.7 Å². The first-order chi connectivity index (χ1) is 10.3. The molecule has 1 saturated carbocycles. The molecule has 2 N–H and O–H groups in total. The molecule has 0 spiro atoms. The number of aliphatic hydroxyl groups is 1. The Labute approximate surface area is 127 Å². The van der Waals surface area contributed by atoms with Gasteiger partial charge in [-0.25, -0.2) is 0 Å². The minimum Gasteiger partial charge on any atom is -0.467 e. The SMILES string of the molecule is C[C@H](NCC(O)COCc1ccco1)C1CCCCCC1. The van der Waals surface area contributed by atoms with E-state index in [9.17, 15) is 5.11 Å². The molecule has 0 amide bonds. The number of rotatable bonds is 8. The van der Waals surface area contributed by atoms with E-state index in [0.29, 0.717) is 25.8 Å². The summed E-state index contributed by atoms with van der Waals surface area (Å²) in [7, 11) is 0. The van der Waals surface area contributed by atoms with Gasteiger partial charge < -0.3 is 19.6 Å². The molecule has 1 aliphatic rings. The van der Waals surface area contributed by atoms with E-state index in [4.69, 9.17) is 9.15 Å². The summed E-state index contributed by atoms with van der Waals surface area (Å²) in [5, 5.41) is 13.4. The fraction of sp³-hybridized carbons (Fsp3) is 0.765. The third kappa shape index (κ3) is 6.20. The fourth-order valence-electron chi connectivity index (χ4n) is 3.05. The summed E-state index contributed by atoms with van der Waals surface area (Å²) < 4.78 is 10.6. The van der Waals surface area contributed by atoms with Gasteiger partial charge in [0.25, 0.3) is 0 Å². The van der Waals surface area contributed by atoms with Crippen molar-refractivity contribution in [1.29, 1.82) is 0 Å². The van der Waals surface area contributed by atoms with Crippen molar-refractivity contribution in [3.8, 4) is 0 Å². The topological polar surface area (TPSA) is 54.6 Å². The van der Waals surface area contributed by atoms with Gasteiger partial charge in [0.2, 0.25) is 0 Å². The Bertz CT molecular complexity index is 358. The number of hydrogen-bond donors (Lipinski definition) is 2. The van der Waals surface area contributed by atoms with Gasteiger partial charge in [0.1, 0.15) is 12.4 Å². The summed E-state index contributed by atoms with van der Waals surface area (Å²) in [6.45, 7) is 3.59. The summed E-state index contributed by atoms with van der Waals surface area (Å²) in [6.07, 6.45) is 9.27. The van der Waals surface area contributed by atoms with Crippen LogP contribution in [0.2, 0.25) is 0 Å². The van der Waals surface area contributed by atoms with Crippen LogP contribution >= 0.6 is 0 Å². The highest BCUT2D eigenvalue weighted by Gasteiger charge is 2.19. The van der Waals surface area contributed by atoms with Crippen LogP contribution in [0.25, 0.3) is 0 Å². The van der Waals surface area contributed by atoms with Gasteiger partial charge in [-0.2, -0.15) is 0 Å². The largest absolute Gasteiger partial charge is 0.467 e. The quantitative estimate of drug-likeness (QED) is 0.724. The highest BCUT2D eigenvalue weighted by Crippen LogP contribution is 2.25. The number of furan rings is 1. The molecule has 1 aromatic rings. The predicted octanol–water partition coefficient (Wildman–Crippen LogP) is 3.11. The third-order valence-corrected chi connectivity index (χ3v) is 4.42. The van der Waals surface area contributed by atoms with Crippen molar-refractivity contribution in [1.82, 2.24) is 5.32 Å². The van der Waals surface area contributed by atoms with E-state index in [2.05, 4.69) is 12.2 Å². The van der Waals surface area contributed by atoms with Crippen LogP contribution in [0.3, 0.4) is 0 Å². The second-order valence-electron chi connectivity index (χ2n) is 6.20. The maximum Gasteiger partial charge on any atom is 0.129 e. The van der Waals surface area contributed by atoms with Crippen LogP contribution in [0, 0.1) is 5.92 Å². The monoisotopic (exact) mass is 295 g/mol. The molecular formula is C17H29NO3. The molecule has 1 heterocycles. The molecule has 0 saturated heterocycles. The van der Waals surface area contributed by atoms with E-state index in [1.165, 1.54) is 38.5 Å². The lowest BCUT2D eigenvalue weighted by Crippen LogP contribution is -2.39. The standard InChI is InChI=1S/C17H29NO3/c1-14(15-7-4-2-3-5-8-15)18-11-16(19)12-20-13-17-9-6-10-21-17/h6,9-10,14-16,18-19H,2-5,7-8,11-13H2,1H3/t14-,16?/m0/s1. The zero-order valence-corrected chi connectivity index (χ0v) is 13.1. The molecule has 0 aromatic carbocycles. The van der Waals surface area contributed by atoms with E-state index < -0.39 is 6.10 Å². The lowest BCUT2D eigenvalue weighted by molar-refractivity contribution is 0.0208. The lowest BCUT2D eigenvalue weighted by Gasteiger charge is -2.25. The van der Waals surface area contributed by atoms with Crippen molar-refractivity contribution >= 4 is 0 Å². The Balaban J connectivity index is 1.57. The smallest absolute Gasteiger partial charge is 0.129 e. The maximum atomic E-state index is 9.96. The molecule has 2 atom stereocenters. The van der Waals surface area contributed by atoms with Crippen molar-refractivity contribution in [2.45, 2.75) is 64.2 Å². The molecule has 21 heavy (non-hydrogen) atoms. The summed E-state index contributed by atoms with van der Waals surface area (Å²) in [5.74, 6) is 1.55. The van der Waals surface area contributed by atoms with Crippen LogP contribution in [-0.2, 0) is 11.3 Å². The van der Waals surface area contributed by atoms with Crippen molar-refractivity contribution in [3.63, 3.8) is 0 Å². The van der Waals surface area contributed by atoms with Crippen molar-refractivity contribution in [2.75, 3.05) is 13.2 Å². The van der Waals surface area contributed by atoms with Crippen molar-refractivity contribution in [3.05, 3.63) is 24.2 Å². The molecule has 1 aromatic heterocycles. The van der Waals surface area contributed by atoms with Gasteiger partial charge in [-0.05, 0) is 37.8 Å². The second-order valence-corrected chi connectivity index (χ2v) is 6.20. The summed E-state index contributed by atoms with van der Waals surface area (Å²) in [4.78, 5) is 0. The zero-order chi connectivity index (χ0) is 14.9.